The summed E-state index contributed by atoms with van der Waals surface area (Å²) in [5.74, 6) is -1.68. The van der Waals surface area contributed by atoms with Gasteiger partial charge in [-0.2, -0.15) is 0 Å². The van der Waals surface area contributed by atoms with E-state index in [0.717, 1.165) is 0 Å². The van der Waals surface area contributed by atoms with Crippen molar-refractivity contribution in [1.29, 1.82) is 0 Å². The van der Waals surface area contributed by atoms with Crippen LogP contribution in [0.1, 0.15) is 13.8 Å². The number of aliphatic hydroxyl groups excluding tert-OH is 11. The lowest BCUT2D eigenvalue weighted by Crippen LogP contribution is -2.66. The maximum absolute atomic E-state index is 11.3. The van der Waals surface area contributed by atoms with E-state index in [0.29, 0.717) is 0 Å². The first-order valence-electron chi connectivity index (χ1n) is 13.8. The molecule has 4 aliphatic heterocycles. The number of hydrogen-bond acceptors (Lipinski definition) is 19. The second-order valence-corrected chi connectivity index (χ2v) is 11.2. The molecule has 20 nitrogen and oxygen atoms in total. The van der Waals surface area contributed by atoms with Gasteiger partial charge in [0.25, 0.3) is 0 Å². The molecule has 0 bridgehead atoms. The highest BCUT2D eigenvalue weighted by Gasteiger charge is 2.54. The van der Waals surface area contributed by atoms with Crippen molar-refractivity contribution in [3.63, 3.8) is 0 Å². The van der Waals surface area contributed by atoms with E-state index in [9.17, 15) is 66.1 Å². The van der Waals surface area contributed by atoms with Crippen LogP contribution in [-0.2, 0) is 38.0 Å². The van der Waals surface area contributed by atoms with Gasteiger partial charge in [0, 0.05) is 0 Å². The molecule has 20 heteroatoms. The fraction of sp³-hybridized carbons (Fsp3) is 0.958. The standard InChI is InChI=1S/C24H40O20/c1-4-7(25)10(28)15(33)23(40-4)42-17-8(26)5(2)39-21(37)19(17)44-24-16(34)11(29)9(27)6(41-24)3-38-22-14(32)12(30)13(31)18(43-22)20(35)36/h4-19,21-34,37H,3H2,1-2H3,(H,35,36)/t4-,5-,6+,7-,8-,9+,10+,11-,12-,13-,14+,15+,16+,17+,18-,19+,21?,22-,23-,24+/m0/s1. The molecule has 1 unspecified atom stereocenters. The summed E-state index contributed by atoms with van der Waals surface area (Å²) < 4.78 is 37.8. The number of carboxylic acids is 1. The quantitative estimate of drug-likeness (QED) is 0.116. The van der Waals surface area contributed by atoms with Crippen molar-refractivity contribution in [2.75, 3.05) is 6.61 Å². The molecular weight excluding hydrogens is 608 g/mol. The molecule has 0 radical (unpaired) electrons. The van der Waals surface area contributed by atoms with Crippen molar-refractivity contribution in [1.82, 2.24) is 0 Å². The molecule has 4 saturated heterocycles. The van der Waals surface area contributed by atoms with Crippen molar-refractivity contribution < 1.29 is 99.2 Å². The maximum atomic E-state index is 11.3. The van der Waals surface area contributed by atoms with Gasteiger partial charge in [0.05, 0.1) is 18.8 Å². The van der Waals surface area contributed by atoms with Crippen LogP contribution in [0.4, 0.5) is 0 Å². The highest BCUT2D eigenvalue weighted by molar-refractivity contribution is 5.73. The van der Waals surface area contributed by atoms with Gasteiger partial charge in [-0.3, -0.25) is 0 Å². The first kappa shape index (κ1) is 35.6. The lowest BCUT2D eigenvalue weighted by atomic mass is 9.96. The Balaban J connectivity index is 1.47. The molecule has 256 valence electrons. The van der Waals surface area contributed by atoms with Gasteiger partial charge in [-0.25, -0.2) is 4.79 Å². The number of ether oxygens (including phenoxy) is 7. The molecule has 0 aromatic rings. The van der Waals surface area contributed by atoms with E-state index in [2.05, 4.69) is 0 Å². The zero-order valence-electron chi connectivity index (χ0n) is 23.4. The zero-order chi connectivity index (χ0) is 32.8. The van der Waals surface area contributed by atoms with Crippen LogP contribution in [0.25, 0.3) is 0 Å². The molecule has 12 N–H and O–H groups in total. The summed E-state index contributed by atoms with van der Waals surface area (Å²) in [6.45, 7) is 1.97. The first-order valence-corrected chi connectivity index (χ1v) is 13.8. The number of carbonyl (C=O) groups is 1. The van der Waals surface area contributed by atoms with Crippen molar-refractivity contribution >= 4 is 5.97 Å². The van der Waals surface area contributed by atoms with E-state index in [1.807, 2.05) is 0 Å². The topological polar surface area (TPSA) is 324 Å². The fourth-order valence-electron chi connectivity index (χ4n) is 5.29. The molecule has 4 fully saturated rings. The summed E-state index contributed by atoms with van der Waals surface area (Å²) in [6, 6.07) is 0. The van der Waals surface area contributed by atoms with Gasteiger partial charge in [0.2, 0.25) is 0 Å². The smallest absolute Gasteiger partial charge is 0.335 e. The minimum absolute atomic E-state index is 0.773. The van der Waals surface area contributed by atoms with E-state index in [1.165, 1.54) is 13.8 Å². The van der Waals surface area contributed by atoms with Crippen LogP contribution in [0.15, 0.2) is 0 Å². The molecule has 4 rings (SSSR count). The molecule has 0 saturated carbocycles. The molecule has 0 spiro atoms. The number of aliphatic hydroxyl groups is 11. The third kappa shape index (κ3) is 7.02. The Morgan fingerprint density at radius 1 is 0.545 bits per heavy atom. The van der Waals surface area contributed by atoms with Gasteiger partial charge in [-0.1, -0.05) is 0 Å². The van der Waals surface area contributed by atoms with E-state index in [1.54, 1.807) is 0 Å². The Labute approximate surface area is 249 Å². The number of rotatable bonds is 8. The summed E-state index contributed by atoms with van der Waals surface area (Å²) >= 11 is 0. The lowest BCUT2D eigenvalue weighted by molar-refractivity contribution is -0.386. The van der Waals surface area contributed by atoms with Gasteiger partial charge in [-0.05, 0) is 13.8 Å². The monoisotopic (exact) mass is 648 g/mol. The SMILES string of the molecule is C[C@@H]1O[C@@H](O[C@@H]2[C@@H](O)[C@H](C)OC(O)[C@@H]2O[C@H]2O[C@H](CO[C@H]3O[C@H](C(=O)O)[C@@H](O)[C@H](O)[C@H]3O)[C@@H](O)[C@H](O)[C@H]2O)[C@H](O)[C@H](O)[C@H]1O. The van der Waals surface area contributed by atoms with E-state index in [4.69, 9.17) is 33.2 Å². The zero-order valence-corrected chi connectivity index (χ0v) is 23.4. The molecule has 0 aromatic carbocycles. The Morgan fingerprint density at radius 2 is 1.05 bits per heavy atom. The minimum atomic E-state index is -2.00. The van der Waals surface area contributed by atoms with Crippen LogP contribution >= 0.6 is 0 Å². The van der Waals surface area contributed by atoms with Crippen LogP contribution in [0, 0.1) is 0 Å². The van der Waals surface area contributed by atoms with Crippen molar-refractivity contribution in [2.45, 2.75) is 137 Å². The summed E-state index contributed by atoms with van der Waals surface area (Å²) in [6.07, 6.45) is -34.7. The van der Waals surface area contributed by atoms with E-state index < -0.39 is 135 Å². The fourth-order valence-corrected chi connectivity index (χ4v) is 5.29. The molecule has 0 aromatic heterocycles. The highest BCUT2D eigenvalue weighted by atomic mass is 16.8. The van der Waals surface area contributed by atoms with Gasteiger partial charge >= 0.3 is 5.97 Å². The molecule has 4 heterocycles. The number of hydrogen-bond donors (Lipinski definition) is 12. The van der Waals surface area contributed by atoms with Crippen molar-refractivity contribution in [3.05, 3.63) is 0 Å². The van der Waals surface area contributed by atoms with Crippen LogP contribution < -0.4 is 0 Å². The minimum Gasteiger partial charge on any atom is -0.479 e. The number of aliphatic carboxylic acids is 1. The highest BCUT2D eigenvalue weighted by Crippen LogP contribution is 2.33. The van der Waals surface area contributed by atoms with Gasteiger partial charge in [-0.15, -0.1) is 0 Å². The Hall–Kier alpha value is -1.25. The van der Waals surface area contributed by atoms with Crippen LogP contribution in [0.2, 0.25) is 0 Å². The first-order chi connectivity index (χ1) is 20.5. The second-order valence-electron chi connectivity index (χ2n) is 11.2. The summed E-state index contributed by atoms with van der Waals surface area (Å²) in [4.78, 5) is 11.3. The van der Waals surface area contributed by atoms with Gasteiger partial charge < -0.3 is 94.4 Å². The molecule has 20 atom stereocenters. The molecule has 0 aliphatic carbocycles. The third-order valence-electron chi connectivity index (χ3n) is 8.07. The second kappa shape index (κ2) is 14.3. The van der Waals surface area contributed by atoms with E-state index in [-0.39, 0.29) is 0 Å². The molecule has 0 amide bonds. The summed E-state index contributed by atoms with van der Waals surface area (Å²) in [5.41, 5.74) is 0. The molecule has 4 aliphatic rings. The lowest BCUT2D eigenvalue weighted by Gasteiger charge is -2.48. The van der Waals surface area contributed by atoms with Crippen LogP contribution in [0.5, 0.6) is 0 Å². The predicted octanol–water partition coefficient (Wildman–Crippen LogP) is -7.60. The van der Waals surface area contributed by atoms with Crippen molar-refractivity contribution in [3.8, 4) is 0 Å². The molecular formula is C24H40O20. The predicted molar refractivity (Wildman–Crippen MR) is 132 cm³/mol. The summed E-state index contributed by atoms with van der Waals surface area (Å²) in [5, 5.41) is 123. The molecule has 44 heavy (non-hydrogen) atoms. The van der Waals surface area contributed by atoms with Crippen LogP contribution in [-0.4, -0.2) is 197 Å². The van der Waals surface area contributed by atoms with Crippen molar-refractivity contribution in [2.24, 2.45) is 0 Å². The largest absolute Gasteiger partial charge is 0.479 e. The average molecular weight is 649 g/mol. The maximum Gasteiger partial charge on any atom is 0.335 e. The van der Waals surface area contributed by atoms with Crippen LogP contribution in [0.3, 0.4) is 0 Å². The third-order valence-corrected chi connectivity index (χ3v) is 8.07. The number of carboxylic acid groups (broad SMARTS) is 1. The average Bonchev–Trinajstić information content (AvgIpc) is 2.97. The van der Waals surface area contributed by atoms with E-state index >= 15 is 0 Å². The summed E-state index contributed by atoms with van der Waals surface area (Å²) in [7, 11) is 0. The van der Waals surface area contributed by atoms with Gasteiger partial charge in [0.1, 0.15) is 79.4 Å². The Kier molecular flexibility index (Phi) is 11.5. The van der Waals surface area contributed by atoms with Gasteiger partial charge in [0.15, 0.2) is 31.3 Å². The Morgan fingerprint density at radius 3 is 1.66 bits per heavy atom. The normalized spacial score (nSPS) is 53.8. The Bertz CT molecular complexity index is 959.